The summed E-state index contributed by atoms with van der Waals surface area (Å²) in [5, 5.41) is 8.65. The van der Waals surface area contributed by atoms with Gasteiger partial charge in [0.05, 0.1) is 19.3 Å². The summed E-state index contributed by atoms with van der Waals surface area (Å²) >= 11 is 6.04. The summed E-state index contributed by atoms with van der Waals surface area (Å²) in [6.07, 6.45) is 6.31. The number of ether oxygens (including phenoxy) is 1. The summed E-state index contributed by atoms with van der Waals surface area (Å²) in [6, 6.07) is 8.25. The van der Waals surface area contributed by atoms with Gasteiger partial charge < -0.3 is 15.0 Å². The minimum atomic E-state index is 0. The number of guanidine groups is 1. The standard InChI is InChI=1S/C20H26ClN5O.HI/c1-22-19(23-14-20(7-8-20)16-3-5-17(21)6-4-16)26-9-10-27-18(13-26)15-11-24-25(2)12-15;/h3-6,11-12,18H,7-10,13-14H2,1-2H3,(H,22,23);1H. The van der Waals surface area contributed by atoms with Crippen LogP contribution in [0.2, 0.25) is 5.02 Å². The summed E-state index contributed by atoms with van der Waals surface area (Å²) < 4.78 is 7.76. The lowest BCUT2D eigenvalue weighted by Gasteiger charge is -2.35. The van der Waals surface area contributed by atoms with Crippen molar-refractivity contribution in [1.82, 2.24) is 20.0 Å². The zero-order chi connectivity index (χ0) is 18.9. The van der Waals surface area contributed by atoms with Crippen LogP contribution in [0.15, 0.2) is 41.7 Å². The first-order valence-electron chi connectivity index (χ1n) is 9.41. The van der Waals surface area contributed by atoms with Crippen LogP contribution in [0.5, 0.6) is 0 Å². The van der Waals surface area contributed by atoms with Gasteiger partial charge in [0.25, 0.3) is 0 Å². The van der Waals surface area contributed by atoms with Gasteiger partial charge in [-0.25, -0.2) is 0 Å². The Hall–Kier alpha value is -1.32. The van der Waals surface area contributed by atoms with Gasteiger partial charge in [0.15, 0.2) is 5.96 Å². The number of aliphatic imine (C=N–C) groups is 1. The number of halogens is 2. The van der Waals surface area contributed by atoms with Crippen molar-refractivity contribution < 1.29 is 4.74 Å². The average molecular weight is 516 g/mol. The Morgan fingerprint density at radius 2 is 2.11 bits per heavy atom. The van der Waals surface area contributed by atoms with Crippen molar-refractivity contribution in [2.24, 2.45) is 12.0 Å². The maximum atomic E-state index is 6.04. The number of nitrogens with one attached hydrogen (secondary N) is 1. The molecule has 1 saturated heterocycles. The molecule has 2 aromatic rings. The van der Waals surface area contributed by atoms with Crippen molar-refractivity contribution in [1.29, 1.82) is 0 Å². The molecule has 1 aliphatic heterocycles. The summed E-state index contributed by atoms with van der Waals surface area (Å²) in [4.78, 5) is 6.79. The lowest BCUT2D eigenvalue weighted by Crippen LogP contribution is -2.49. The van der Waals surface area contributed by atoms with Crippen LogP contribution in [0.3, 0.4) is 0 Å². The molecule has 152 valence electrons. The minimum absolute atomic E-state index is 0. The second-order valence-electron chi connectivity index (χ2n) is 7.44. The number of hydrogen-bond donors (Lipinski definition) is 1. The molecule has 0 radical (unpaired) electrons. The molecule has 2 heterocycles. The molecule has 4 rings (SSSR count). The van der Waals surface area contributed by atoms with E-state index in [1.165, 1.54) is 18.4 Å². The van der Waals surface area contributed by atoms with E-state index in [1.54, 1.807) is 0 Å². The average Bonchev–Trinajstić information content (AvgIpc) is 3.35. The van der Waals surface area contributed by atoms with Crippen molar-refractivity contribution in [3.8, 4) is 0 Å². The Balaban J connectivity index is 0.00000225. The third-order valence-corrected chi connectivity index (χ3v) is 5.82. The molecule has 28 heavy (non-hydrogen) atoms. The van der Waals surface area contributed by atoms with Gasteiger partial charge in [-0.15, -0.1) is 24.0 Å². The quantitative estimate of drug-likeness (QED) is 0.385. The minimum Gasteiger partial charge on any atom is -0.370 e. The van der Waals surface area contributed by atoms with Crippen molar-refractivity contribution in [3.05, 3.63) is 52.8 Å². The number of aromatic nitrogens is 2. The van der Waals surface area contributed by atoms with Gasteiger partial charge in [-0.1, -0.05) is 23.7 Å². The summed E-state index contributed by atoms with van der Waals surface area (Å²) in [6.45, 7) is 3.18. The van der Waals surface area contributed by atoms with Crippen LogP contribution in [0, 0.1) is 0 Å². The first-order chi connectivity index (χ1) is 13.1. The monoisotopic (exact) mass is 515 g/mol. The molecule has 1 atom stereocenters. The Morgan fingerprint density at radius 3 is 2.71 bits per heavy atom. The van der Waals surface area contributed by atoms with E-state index < -0.39 is 0 Å². The van der Waals surface area contributed by atoms with Gasteiger partial charge >= 0.3 is 0 Å². The predicted octanol–water partition coefficient (Wildman–Crippen LogP) is 3.37. The van der Waals surface area contributed by atoms with Gasteiger partial charge in [-0.05, 0) is 30.5 Å². The molecule has 2 aliphatic rings. The molecule has 6 nitrogen and oxygen atoms in total. The molecule has 0 amide bonds. The van der Waals surface area contributed by atoms with E-state index >= 15 is 0 Å². The van der Waals surface area contributed by atoms with E-state index in [9.17, 15) is 0 Å². The number of aryl methyl sites for hydroxylation is 1. The lowest BCUT2D eigenvalue weighted by atomic mass is 9.96. The highest BCUT2D eigenvalue weighted by molar-refractivity contribution is 14.0. The molecular formula is C20H27ClIN5O. The maximum absolute atomic E-state index is 6.04. The lowest BCUT2D eigenvalue weighted by molar-refractivity contribution is -0.00805. The molecule has 1 saturated carbocycles. The second-order valence-corrected chi connectivity index (χ2v) is 7.88. The SMILES string of the molecule is CN=C(NCC1(c2ccc(Cl)cc2)CC1)N1CCOC(c2cnn(C)c2)C1.I. The van der Waals surface area contributed by atoms with Gasteiger partial charge in [0.2, 0.25) is 0 Å². The highest BCUT2D eigenvalue weighted by Gasteiger charge is 2.44. The zero-order valence-corrected chi connectivity index (χ0v) is 19.4. The van der Waals surface area contributed by atoms with E-state index in [0.29, 0.717) is 6.61 Å². The van der Waals surface area contributed by atoms with Crippen LogP contribution in [0.1, 0.15) is 30.1 Å². The van der Waals surface area contributed by atoms with E-state index in [0.717, 1.165) is 36.2 Å². The second kappa shape index (κ2) is 9.00. The largest absolute Gasteiger partial charge is 0.370 e. The third-order valence-electron chi connectivity index (χ3n) is 5.57. The van der Waals surface area contributed by atoms with E-state index in [2.05, 4.69) is 32.4 Å². The fourth-order valence-electron chi connectivity index (χ4n) is 3.75. The van der Waals surface area contributed by atoms with Gasteiger partial charge in [-0.3, -0.25) is 9.67 Å². The first kappa shape index (κ1) is 21.4. The molecule has 2 fully saturated rings. The number of nitrogens with zero attached hydrogens (tertiary/aromatic N) is 4. The first-order valence-corrected chi connectivity index (χ1v) is 9.79. The molecule has 1 aromatic carbocycles. The van der Waals surface area contributed by atoms with Crippen LogP contribution in [0.25, 0.3) is 0 Å². The third kappa shape index (κ3) is 4.63. The summed E-state index contributed by atoms with van der Waals surface area (Å²) in [5.41, 5.74) is 2.66. The van der Waals surface area contributed by atoms with Gasteiger partial charge in [0.1, 0.15) is 6.10 Å². The van der Waals surface area contributed by atoms with Crippen molar-refractivity contribution in [3.63, 3.8) is 0 Å². The molecule has 1 N–H and O–H groups in total. The number of rotatable bonds is 4. The van der Waals surface area contributed by atoms with Crippen LogP contribution >= 0.6 is 35.6 Å². The van der Waals surface area contributed by atoms with Gasteiger partial charge in [-0.2, -0.15) is 5.10 Å². The molecule has 1 unspecified atom stereocenters. The Kier molecular flexibility index (Phi) is 6.88. The van der Waals surface area contributed by atoms with E-state index in [1.807, 2.05) is 43.3 Å². The van der Waals surface area contributed by atoms with E-state index in [4.69, 9.17) is 16.3 Å². The summed E-state index contributed by atoms with van der Waals surface area (Å²) in [5.74, 6) is 0.937. The van der Waals surface area contributed by atoms with Crippen molar-refractivity contribution in [2.45, 2.75) is 24.4 Å². The normalized spacial score (nSPS) is 21.2. The smallest absolute Gasteiger partial charge is 0.193 e. The molecule has 1 aromatic heterocycles. The zero-order valence-electron chi connectivity index (χ0n) is 16.3. The Labute approximate surface area is 188 Å². The predicted molar refractivity (Wildman–Crippen MR) is 123 cm³/mol. The number of benzene rings is 1. The van der Waals surface area contributed by atoms with Crippen molar-refractivity contribution in [2.75, 3.05) is 33.3 Å². The van der Waals surface area contributed by atoms with Crippen LogP contribution in [-0.2, 0) is 17.2 Å². The Bertz CT molecular complexity index is 818. The molecule has 8 heteroatoms. The highest BCUT2D eigenvalue weighted by Crippen LogP contribution is 2.47. The Morgan fingerprint density at radius 1 is 1.36 bits per heavy atom. The summed E-state index contributed by atoms with van der Waals surface area (Å²) in [7, 11) is 3.77. The number of hydrogen-bond acceptors (Lipinski definition) is 3. The van der Waals surface area contributed by atoms with Crippen molar-refractivity contribution >= 4 is 41.5 Å². The van der Waals surface area contributed by atoms with Gasteiger partial charge in [0, 0.05) is 49.4 Å². The van der Waals surface area contributed by atoms with Crippen LogP contribution in [-0.4, -0.2) is 53.9 Å². The topological polar surface area (TPSA) is 54.7 Å². The highest BCUT2D eigenvalue weighted by atomic mass is 127. The number of morpholine rings is 1. The van der Waals surface area contributed by atoms with Crippen LogP contribution in [0.4, 0.5) is 0 Å². The maximum Gasteiger partial charge on any atom is 0.193 e. The fraction of sp³-hybridized carbons (Fsp3) is 0.500. The molecule has 0 bridgehead atoms. The molecule has 0 spiro atoms. The van der Waals surface area contributed by atoms with Crippen LogP contribution < -0.4 is 5.32 Å². The van der Waals surface area contributed by atoms with E-state index in [-0.39, 0.29) is 35.5 Å². The molecular weight excluding hydrogens is 489 g/mol. The molecule has 1 aliphatic carbocycles. The fourth-order valence-corrected chi connectivity index (χ4v) is 3.88.